The van der Waals surface area contributed by atoms with Gasteiger partial charge in [-0.1, -0.05) is 59.6 Å². The summed E-state index contributed by atoms with van der Waals surface area (Å²) in [6, 6.07) is 12.0. The van der Waals surface area contributed by atoms with Gasteiger partial charge in [-0.3, -0.25) is 5.32 Å². The van der Waals surface area contributed by atoms with E-state index in [2.05, 4.69) is 57.5 Å². The standard InChI is InChI=1S/C20H18BrClFN3OS/c1-20(2,13-4-6-14(21)7-5-13)17-11-28-19(25-17)26-18(27)24-10-12-3-8-16(23)15(22)9-12/h3-9,11H,10H2,1-2H3,(H2,24,25,26,27). The van der Waals surface area contributed by atoms with Gasteiger partial charge >= 0.3 is 6.03 Å². The van der Waals surface area contributed by atoms with Crippen molar-refractivity contribution in [1.29, 1.82) is 0 Å². The Bertz CT molecular complexity index is 991. The molecule has 2 N–H and O–H groups in total. The van der Waals surface area contributed by atoms with Crippen LogP contribution < -0.4 is 10.6 Å². The maximum atomic E-state index is 13.2. The van der Waals surface area contributed by atoms with Crippen molar-refractivity contribution in [3.63, 3.8) is 0 Å². The van der Waals surface area contributed by atoms with Crippen LogP contribution in [-0.2, 0) is 12.0 Å². The number of hydrogen-bond acceptors (Lipinski definition) is 3. The third-order valence-corrected chi connectivity index (χ3v) is 5.94. The zero-order valence-electron chi connectivity index (χ0n) is 15.2. The van der Waals surface area contributed by atoms with E-state index in [1.807, 2.05) is 17.5 Å². The van der Waals surface area contributed by atoms with Crippen LogP contribution in [0.2, 0.25) is 5.02 Å². The minimum absolute atomic E-state index is 0.0273. The summed E-state index contributed by atoms with van der Waals surface area (Å²) in [6.07, 6.45) is 0. The summed E-state index contributed by atoms with van der Waals surface area (Å²) < 4.78 is 14.2. The van der Waals surface area contributed by atoms with E-state index in [1.165, 1.54) is 23.5 Å². The van der Waals surface area contributed by atoms with Crippen LogP contribution in [0.15, 0.2) is 52.3 Å². The monoisotopic (exact) mass is 481 g/mol. The molecule has 0 radical (unpaired) electrons. The number of anilines is 1. The zero-order chi connectivity index (χ0) is 20.3. The molecule has 0 aliphatic carbocycles. The second kappa shape index (κ2) is 8.59. The van der Waals surface area contributed by atoms with Gasteiger partial charge in [0, 0.05) is 21.8 Å². The molecule has 3 rings (SSSR count). The van der Waals surface area contributed by atoms with Gasteiger partial charge in [-0.25, -0.2) is 14.2 Å². The van der Waals surface area contributed by atoms with E-state index in [0.29, 0.717) is 10.7 Å². The van der Waals surface area contributed by atoms with Gasteiger partial charge in [-0.15, -0.1) is 11.3 Å². The number of benzene rings is 2. The van der Waals surface area contributed by atoms with E-state index in [4.69, 9.17) is 11.6 Å². The lowest BCUT2D eigenvalue weighted by Gasteiger charge is -2.23. The molecule has 0 spiro atoms. The van der Waals surface area contributed by atoms with Gasteiger partial charge in [-0.2, -0.15) is 0 Å². The van der Waals surface area contributed by atoms with Crippen LogP contribution in [0.1, 0.15) is 30.7 Å². The number of aromatic nitrogens is 1. The Morgan fingerprint density at radius 2 is 1.96 bits per heavy atom. The topological polar surface area (TPSA) is 54.0 Å². The molecule has 146 valence electrons. The summed E-state index contributed by atoms with van der Waals surface area (Å²) in [5.74, 6) is -0.487. The van der Waals surface area contributed by atoms with Gasteiger partial charge in [0.25, 0.3) is 0 Å². The molecule has 3 aromatic rings. The van der Waals surface area contributed by atoms with Gasteiger partial charge in [0.05, 0.1) is 10.7 Å². The summed E-state index contributed by atoms with van der Waals surface area (Å²) in [5, 5.41) is 7.92. The molecule has 0 bridgehead atoms. The van der Waals surface area contributed by atoms with Crippen molar-refractivity contribution < 1.29 is 9.18 Å². The average Bonchev–Trinajstić information content (AvgIpc) is 3.12. The molecular weight excluding hydrogens is 465 g/mol. The molecule has 0 saturated carbocycles. The Hall–Kier alpha value is -1.96. The SMILES string of the molecule is CC(C)(c1ccc(Br)cc1)c1csc(NC(=O)NCc2ccc(F)c(Cl)c2)n1. The number of carbonyl (C=O) groups excluding carboxylic acids is 1. The molecule has 0 saturated heterocycles. The lowest BCUT2D eigenvalue weighted by molar-refractivity contribution is 0.251. The highest BCUT2D eigenvalue weighted by molar-refractivity contribution is 9.10. The largest absolute Gasteiger partial charge is 0.334 e. The molecule has 28 heavy (non-hydrogen) atoms. The van der Waals surface area contributed by atoms with E-state index in [-0.39, 0.29) is 23.0 Å². The first-order valence-corrected chi connectivity index (χ1v) is 10.5. The van der Waals surface area contributed by atoms with Crippen molar-refractivity contribution in [2.45, 2.75) is 25.8 Å². The van der Waals surface area contributed by atoms with Gasteiger partial charge < -0.3 is 5.32 Å². The molecule has 2 amide bonds. The Morgan fingerprint density at radius 1 is 1.25 bits per heavy atom. The third kappa shape index (κ3) is 4.90. The number of nitrogens with one attached hydrogen (secondary N) is 2. The minimum Gasteiger partial charge on any atom is -0.334 e. The highest BCUT2D eigenvalue weighted by atomic mass is 79.9. The number of urea groups is 1. The summed E-state index contributed by atoms with van der Waals surface area (Å²) in [6.45, 7) is 4.41. The summed E-state index contributed by atoms with van der Waals surface area (Å²) in [7, 11) is 0. The van der Waals surface area contributed by atoms with Crippen LogP contribution in [0, 0.1) is 5.82 Å². The highest BCUT2D eigenvalue weighted by Crippen LogP contribution is 2.34. The van der Waals surface area contributed by atoms with Crippen molar-refractivity contribution >= 4 is 50.0 Å². The molecular formula is C20H18BrClFN3OS. The third-order valence-electron chi connectivity index (χ3n) is 4.37. The fraction of sp³-hybridized carbons (Fsp3) is 0.200. The lowest BCUT2D eigenvalue weighted by Crippen LogP contribution is -2.28. The van der Waals surface area contributed by atoms with Crippen molar-refractivity contribution in [2.24, 2.45) is 0 Å². The number of amides is 2. The quantitative estimate of drug-likeness (QED) is 0.445. The highest BCUT2D eigenvalue weighted by Gasteiger charge is 2.26. The van der Waals surface area contributed by atoms with Crippen LogP contribution in [-0.4, -0.2) is 11.0 Å². The number of nitrogens with zero attached hydrogens (tertiary/aromatic N) is 1. The molecule has 8 heteroatoms. The maximum absolute atomic E-state index is 13.2. The predicted octanol–water partition coefficient (Wildman–Crippen LogP) is 6.35. The normalized spacial score (nSPS) is 11.3. The maximum Gasteiger partial charge on any atom is 0.321 e. The van der Waals surface area contributed by atoms with Crippen LogP contribution in [0.3, 0.4) is 0 Å². The fourth-order valence-corrected chi connectivity index (χ4v) is 3.95. The Kier molecular flexibility index (Phi) is 6.37. The van der Waals surface area contributed by atoms with E-state index >= 15 is 0 Å². The zero-order valence-corrected chi connectivity index (χ0v) is 18.4. The van der Waals surface area contributed by atoms with Gasteiger partial charge in [-0.05, 0) is 35.4 Å². The molecule has 0 aliphatic heterocycles. The van der Waals surface area contributed by atoms with E-state index in [9.17, 15) is 9.18 Å². The number of rotatable bonds is 5. The van der Waals surface area contributed by atoms with Crippen molar-refractivity contribution in [3.8, 4) is 0 Å². The van der Waals surface area contributed by atoms with Crippen LogP contribution in [0.4, 0.5) is 14.3 Å². The smallest absolute Gasteiger partial charge is 0.321 e. The molecule has 0 unspecified atom stereocenters. The first-order valence-electron chi connectivity index (χ1n) is 8.46. The number of hydrogen-bond donors (Lipinski definition) is 2. The van der Waals surface area contributed by atoms with Gasteiger partial charge in [0.2, 0.25) is 0 Å². The minimum atomic E-state index is -0.487. The van der Waals surface area contributed by atoms with Crippen molar-refractivity contribution in [1.82, 2.24) is 10.3 Å². The first kappa shape index (κ1) is 20.8. The van der Waals surface area contributed by atoms with E-state index < -0.39 is 5.82 Å². The number of carbonyl (C=O) groups is 1. The predicted molar refractivity (Wildman–Crippen MR) is 116 cm³/mol. The second-order valence-electron chi connectivity index (χ2n) is 6.73. The second-order valence-corrected chi connectivity index (χ2v) is 8.91. The molecule has 2 aromatic carbocycles. The Labute approximate surface area is 180 Å². The van der Waals surface area contributed by atoms with Crippen molar-refractivity contribution in [3.05, 3.63) is 80.0 Å². The van der Waals surface area contributed by atoms with E-state index in [1.54, 1.807) is 6.07 Å². The van der Waals surface area contributed by atoms with Gasteiger partial charge in [0.1, 0.15) is 5.82 Å². The molecule has 1 aromatic heterocycles. The Morgan fingerprint density at radius 3 is 2.64 bits per heavy atom. The van der Waals surface area contributed by atoms with Crippen molar-refractivity contribution in [2.75, 3.05) is 5.32 Å². The summed E-state index contributed by atoms with van der Waals surface area (Å²) >= 11 is 10.6. The number of halogens is 3. The van der Waals surface area contributed by atoms with E-state index in [0.717, 1.165) is 15.7 Å². The fourth-order valence-electron chi connectivity index (χ4n) is 2.61. The average molecular weight is 483 g/mol. The van der Waals surface area contributed by atoms with Crippen LogP contribution >= 0.6 is 38.9 Å². The molecule has 4 nitrogen and oxygen atoms in total. The molecule has 0 aliphatic rings. The molecule has 0 atom stereocenters. The van der Waals surface area contributed by atoms with Crippen LogP contribution in [0.5, 0.6) is 0 Å². The lowest BCUT2D eigenvalue weighted by atomic mass is 9.82. The summed E-state index contributed by atoms with van der Waals surface area (Å²) in [4.78, 5) is 16.7. The molecule has 1 heterocycles. The Balaban J connectivity index is 1.62. The number of thiazole rings is 1. The molecule has 0 fully saturated rings. The first-order chi connectivity index (χ1) is 13.3. The van der Waals surface area contributed by atoms with Gasteiger partial charge in [0.15, 0.2) is 5.13 Å². The van der Waals surface area contributed by atoms with Crippen LogP contribution in [0.25, 0.3) is 0 Å². The summed E-state index contributed by atoms with van der Waals surface area (Å²) in [5.41, 5.74) is 2.42.